The van der Waals surface area contributed by atoms with Crippen LogP contribution in [0.4, 0.5) is 11.4 Å². The molecule has 114 valence electrons. The molecule has 0 saturated carbocycles. The molecule has 21 heavy (non-hydrogen) atoms. The van der Waals surface area contributed by atoms with E-state index in [1.807, 2.05) is 0 Å². The monoisotopic (exact) mass is 296 g/mol. The fraction of sp³-hybridized carbons (Fsp3) is 0.385. The van der Waals surface area contributed by atoms with Crippen LogP contribution in [0.15, 0.2) is 24.3 Å². The summed E-state index contributed by atoms with van der Waals surface area (Å²) in [7, 11) is 0. The van der Waals surface area contributed by atoms with E-state index in [2.05, 4.69) is 5.32 Å². The summed E-state index contributed by atoms with van der Waals surface area (Å²) in [6, 6.07) is 4.08. The lowest BCUT2D eigenvalue weighted by Crippen LogP contribution is -2.40. The maximum atomic E-state index is 11.8. The summed E-state index contributed by atoms with van der Waals surface area (Å²) >= 11 is 0. The minimum Gasteiger partial charge on any atom is -0.464 e. The van der Waals surface area contributed by atoms with Crippen LogP contribution in [-0.2, 0) is 19.1 Å². The van der Waals surface area contributed by atoms with Crippen molar-refractivity contribution in [3.05, 3.63) is 34.4 Å². The fourth-order valence-electron chi connectivity index (χ4n) is 1.54. The number of carbonyl (C=O) groups is 2. The van der Waals surface area contributed by atoms with Crippen molar-refractivity contribution in [3.63, 3.8) is 0 Å². The van der Waals surface area contributed by atoms with Crippen LogP contribution in [0, 0.1) is 10.1 Å². The van der Waals surface area contributed by atoms with Crippen LogP contribution in [0.2, 0.25) is 0 Å². The minimum atomic E-state index is -1.37. The van der Waals surface area contributed by atoms with E-state index in [1.54, 1.807) is 13.8 Å². The molecular formula is C13H16N2O6. The maximum Gasteiger partial charge on any atom is 0.340 e. The lowest BCUT2D eigenvalue weighted by Gasteiger charge is -2.16. The Kier molecular flexibility index (Phi) is 6.12. The molecule has 0 amide bonds. The van der Waals surface area contributed by atoms with Crippen molar-refractivity contribution in [2.45, 2.75) is 19.9 Å². The molecule has 0 radical (unpaired) electrons. The predicted octanol–water partition coefficient (Wildman–Crippen LogP) is 1.50. The summed E-state index contributed by atoms with van der Waals surface area (Å²) in [5, 5.41) is 13.3. The molecule has 0 fully saturated rings. The second-order valence-electron chi connectivity index (χ2n) is 3.89. The Labute approximate surface area is 121 Å². The molecule has 0 saturated heterocycles. The number of hydrogen-bond acceptors (Lipinski definition) is 7. The zero-order chi connectivity index (χ0) is 15.8. The Hall–Kier alpha value is -2.64. The summed E-state index contributed by atoms with van der Waals surface area (Å²) < 4.78 is 9.57. The molecule has 1 rings (SSSR count). The van der Waals surface area contributed by atoms with Crippen LogP contribution in [0.3, 0.4) is 0 Å². The Morgan fingerprint density at radius 3 is 2.29 bits per heavy atom. The van der Waals surface area contributed by atoms with Gasteiger partial charge in [0.2, 0.25) is 6.04 Å². The lowest BCUT2D eigenvalue weighted by molar-refractivity contribution is -0.384. The highest BCUT2D eigenvalue weighted by Crippen LogP contribution is 2.18. The van der Waals surface area contributed by atoms with Crippen molar-refractivity contribution >= 4 is 23.3 Å². The molecule has 1 aromatic rings. The van der Waals surface area contributed by atoms with Crippen molar-refractivity contribution in [2.24, 2.45) is 0 Å². The zero-order valence-electron chi connectivity index (χ0n) is 11.7. The van der Waals surface area contributed by atoms with Gasteiger partial charge in [-0.1, -0.05) is 6.07 Å². The largest absolute Gasteiger partial charge is 0.464 e. The SMILES string of the molecule is CCOC(=O)C(Nc1cccc([N+](=O)[O-])c1)C(=O)OCC. The van der Waals surface area contributed by atoms with Crippen molar-refractivity contribution < 1.29 is 24.0 Å². The first-order valence-electron chi connectivity index (χ1n) is 6.33. The lowest BCUT2D eigenvalue weighted by atomic mass is 10.2. The zero-order valence-corrected chi connectivity index (χ0v) is 11.7. The van der Waals surface area contributed by atoms with Crippen LogP contribution < -0.4 is 5.32 Å². The molecular weight excluding hydrogens is 280 g/mol. The molecule has 0 bridgehead atoms. The van der Waals surface area contributed by atoms with Crippen molar-refractivity contribution in [2.75, 3.05) is 18.5 Å². The number of nitro benzene ring substituents is 1. The number of anilines is 1. The first kappa shape index (κ1) is 16.4. The van der Waals surface area contributed by atoms with E-state index in [0.29, 0.717) is 0 Å². The summed E-state index contributed by atoms with van der Waals surface area (Å²) in [5.74, 6) is -1.61. The van der Waals surface area contributed by atoms with Gasteiger partial charge in [0.05, 0.1) is 18.1 Å². The molecule has 0 unspecified atom stereocenters. The predicted molar refractivity (Wildman–Crippen MR) is 73.8 cm³/mol. The number of non-ortho nitro benzene ring substituents is 1. The van der Waals surface area contributed by atoms with Gasteiger partial charge in [-0.25, -0.2) is 9.59 Å². The fourth-order valence-corrected chi connectivity index (χ4v) is 1.54. The average Bonchev–Trinajstić information content (AvgIpc) is 2.45. The van der Waals surface area contributed by atoms with Gasteiger partial charge in [-0.2, -0.15) is 0 Å². The molecule has 0 aromatic heterocycles. The molecule has 1 aromatic carbocycles. The van der Waals surface area contributed by atoms with Crippen molar-refractivity contribution in [1.82, 2.24) is 0 Å². The molecule has 0 heterocycles. The summed E-state index contributed by atoms with van der Waals surface area (Å²) in [5.41, 5.74) is 0.0850. The molecule has 0 aliphatic carbocycles. The van der Waals surface area contributed by atoms with Gasteiger partial charge >= 0.3 is 11.9 Å². The van der Waals surface area contributed by atoms with E-state index in [0.717, 1.165) is 0 Å². The summed E-state index contributed by atoms with van der Waals surface area (Å²) in [6.45, 7) is 3.41. The van der Waals surface area contributed by atoms with Gasteiger partial charge in [0.1, 0.15) is 0 Å². The third-order valence-electron chi connectivity index (χ3n) is 2.41. The second kappa shape index (κ2) is 7.83. The number of nitrogens with zero attached hydrogens (tertiary/aromatic N) is 1. The summed E-state index contributed by atoms with van der Waals surface area (Å²) in [6.07, 6.45) is 0. The minimum absolute atomic E-state index is 0.103. The van der Waals surface area contributed by atoms with E-state index in [-0.39, 0.29) is 24.6 Å². The summed E-state index contributed by atoms with van der Waals surface area (Å²) in [4.78, 5) is 33.7. The topological polar surface area (TPSA) is 108 Å². The quantitative estimate of drug-likeness (QED) is 0.351. The number of nitro groups is 1. The number of carbonyl (C=O) groups excluding carboxylic acids is 2. The van der Waals surface area contributed by atoms with Gasteiger partial charge in [-0.05, 0) is 19.9 Å². The first-order chi connectivity index (χ1) is 9.99. The maximum absolute atomic E-state index is 11.8. The van der Waals surface area contributed by atoms with Gasteiger partial charge < -0.3 is 14.8 Å². The van der Waals surface area contributed by atoms with E-state index in [4.69, 9.17) is 9.47 Å². The molecule has 0 aliphatic rings. The number of nitrogens with one attached hydrogen (secondary N) is 1. The normalized spacial score (nSPS) is 10.0. The number of hydrogen-bond donors (Lipinski definition) is 1. The van der Waals surface area contributed by atoms with Crippen LogP contribution >= 0.6 is 0 Å². The highest BCUT2D eigenvalue weighted by atomic mass is 16.6. The Morgan fingerprint density at radius 2 is 1.81 bits per heavy atom. The second-order valence-corrected chi connectivity index (χ2v) is 3.89. The van der Waals surface area contributed by atoms with Gasteiger partial charge in [-0.3, -0.25) is 10.1 Å². The Bertz CT molecular complexity index is 513. The van der Waals surface area contributed by atoms with Crippen LogP contribution in [0.1, 0.15) is 13.8 Å². The number of ether oxygens (including phenoxy) is 2. The highest BCUT2D eigenvalue weighted by molar-refractivity contribution is 6.02. The van der Waals surface area contributed by atoms with Gasteiger partial charge in [0.15, 0.2) is 0 Å². The van der Waals surface area contributed by atoms with E-state index in [9.17, 15) is 19.7 Å². The third kappa shape index (κ3) is 4.75. The van der Waals surface area contributed by atoms with Crippen LogP contribution in [-0.4, -0.2) is 36.1 Å². The average molecular weight is 296 g/mol. The third-order valence-corrected chi connectivity index (χ3v) is 2.41. The van der Waals surface area contributed by atoms with Crippen molar-refractivity contribution in [1.29, 1.82) is 0 Å². The molecule has 0 spiro atoms. The Morgan fingerprint density at radius 1 is 1.24 bits per heavy atom. The van der Waals surface area contributed by atoms with E-state index < -0.39 is 22.9 Å². The molecule has 0 atom stereocenters. The Balaban J connectivity index is 2.94. The molecule has 0 aliphatic heterocycles. The number of benzene rings is 1. The van der Waals surface area contributed by atoms with E-state index >= 15 is 0 Å². The van der Waals surface area contributed by atoms with Gasteiger partial charge in [0.25, 0.3) is 5.69 Å². The highest BCUT2D eigenvalue weighted by Gasteiger charge is 2.29. The smallest absolute Gasteiger partial charge is 0.340 e. The number of rotatable bonds is 7. The van der Waals surface area contributed by atoms with Gasteiger partial charge in [0, 0.05) is 17.8 Å². The van der Waals surface area contributed by atoms with Crippen LogP contribution in [0.5, 0.6) is 0 Å². The molecule has 8 nitrogen and oxygen atoms in total. The van der Waals surface area contributed by atoms with Gasteiger partial charge in [-0.15, -0.1) is 0 Å². The van der Waals surface area contributed by atoms with E-state index in [1.165, 1.54) is 24.3 Å². The molecule has 1 N–H and O–H groups in total. The van der Waals surface area contributed by atoms with Crippen LogP contribution in [0.25, 0.3) is 0 Å². The van der Waals surface area contributed by atoms with Crippen molar-refractivity contribution in [3.8, 4) is 0 Å². The number of esters is 2. The first-order valence-corrected chi connectivity index (χ1v) is 6.33. The standard InChI is InChI=1S/C13H16N2O6/c1-3-20-12(16)11(13(17)21-4-2)14-9-6-5-7-10(8-9)15(18)19/h5-8,11,14H,3-4H2,1-2H3. The molecule has 8 heteroatoms.